The van der Waals surface area contributed by atoms with Gasteiger partial charge in [0.2, 0.25) is 0 Å². The summed E-state index contributed by atoms with van der Waals surface area (Å²) >= 11 is 0. The molecule has 1 N–H and O–H groups in total. The molecule has 0 amide bonds. The zero-order valence-corrected chi connectivity index (χ0v) is 11.8. The summed E-state index contributed by atoms with van der Waals surface area (Å²) in [6.07, 6.45) is 5.83. The average molecular weight is 237 g/mol. The van der Waals surface area contributed by atoms with Gasteiger partial charge in [-0.15, -0.1) is 0 Å². The number of hydrogen-bond acceptors (Lipinski definition) is 2. The highest BCUT2D eigenvalue weighted by Gasteiger charge is 2.61. The van der Waals surface area contributed by atoms with Gasteiger partial charge in [0, 0.05) is 18.7 Å². The molecule has 1 aliphatic heterocycles. The van der Waals surface area contributed by atoms with Gasteiger partial charge in [-0.2, -0.15) is 0 Å². The molecule has 0 aromatic rings. The molecule has 1 saturated heterocycles. The molecule has 5 unspecified atom stereocenters. The number of ether oxygens (including phenoxy) is 1. The zero-order chi connectivity index (χ0) is 12.3. The number of hydrogen-bond donors (Lipinski definition) is 1. The van der Waals surface area contributed by atoms with Crippen LogP contribution in [0.4, 0.5) is 0 Å². The molecule has 3 fully saturated rings. The van der Waals surface area contributed by atoms with Crippen molar-refractivity contribution in [2.75, 3.05) is 6.61 Å². The second-order valence-corrected chi connectivity index (χ2v) is 7.30. The first-order valence-electron chi connectivity index (χ1n) is 7.33. The Morgan fingerprint density at radius 3 is 2.41 bits per heavy atom. The molecular formula is C15H27NO. The van der Waals surface area contributed by atoms with E-state index in [9.17, 15) is 0 Å². The van der Waals surface area contributed by atoms with Crippen molar-refractivity contribution in [2.45, 2.75) is 71.6 Å². The lowest BCUT2D eigenvalue weighted by Gasteiger charge is -2.41. The van der Waals surface area contributed by atoms with Gasteiger partial charge in [-0.05, 0) is 49.4 Å². The Labute approximate surface area is 105 Å². The standard InChI is InChI=1S/C15H27NO/c1-10-12(6-8-17-10)16-13-9-11-5-7-15(13,4)14(11,2)3/h10-13,16H,5-9H2,1-4H3. The maximum atomic E-state index is 5.68. The van der Waals surface area contributed by atoms with Crippen molar-refractivity contribution >= 4 is 0 Å². The van der Waals surface area contributed by atoms with E-state index in [2.05, 4.69) is 33.0 Å². The van der Waals surface area contributed by atoms with Gasteiger partial charge in [-0.3, -0.25) is 0 Å². The normalized spacial score (nSPS) is 52.2. The quantitative estimate of drug-likeness (QED) is 0.797. The summed E-state index contributed by atoms with van der Waals surface area (Å²) in [6, 6.07) is 1.30. The van der Waals surface area contributed by atoms with Crippen LogP contribution in [0.25, 0.3) is 0 Å². The van der Waals surface area contributed by atoms with Crippen molar-refractivity contribution in [1.29, 1.82) is 0 Å². The lowest BCUT2D eigenvalue weighted by molar-refractivity contribution is 0.0876. The monoisotopic (exact) mass is 237 g/mol. The molecule has 5 atom stereocenters. The molecule has 17 heavy (non-hydrogen) atoms. The first-order valence-corrected chi connectivity index (χ1v) is 7.33. The Morgan fingerprint density at radius 1 is 1.18 bits per heavy atom. The molecule has 0 radical (unpaired) electrons. The molecule has 3 rings (SSSR count). The highest BCUT2D eigenvalue weighted by molar-refractivity contribution is 5.13. The van der Waals surface area contributed by atoms with Crippen LogP contribution in [-0.2, 0) is 4.74 Å². The zero-order valence-electron chi connectivity index (χ0n) is 11.8. The van der Waals surface area contributed by atoms with Gasteiger partial charge in [-0.25, -0.2) is 0 Å². The number of fused-ring (bicyclic) bond motifs is 2. The molecule has 0 aromatic carbocycles. The summed E-state index contributed by atoms with van der Waals surface area (Å²) in [5.74, 6) is 0.933. The average Bonchev–Trinajstić information content (AvgIpc) is 2.81. The van der Waals surface area contributed by atoms with Gasteiger partial charge in [0.1, 0.15) is 0 Å². The summed E-state index contributed by atoms with van der Waals surface area (Å²) in [7, 11) is 0. The van der Waals surface area contributed by atoms with E-state index >= 15 is 0 Å². The Bertz CT molecular complexity index is 314. The van der Waals surface area contributed by atoms with Gasteiger partial charge in [0.25, 0.3) is 0 Å². The molecule has 1 heterocycles. The number of nitrogens with one attached hydrogen (secondary N) is 1. The molecular weight excluding hydrogens is 210 g/mol. The molecule has 2 saturated carbocycles. The predicted octanol–water partition coefficient (Wildman–Crippen LogP) is 2.97. The van der Waals surface area contributed by atoms with Crippen molar-refractivity contribution < 1.29 is 4.74 Å². The van der Waals surface area contributed by atoms with Crippen LogP contribution in [0.15, 0.2) is 0 Å². The summed E-state index contributed by atoms with van der Waals surface area (Å²) in [5.41, 5.74) is 1.02. The highest BCUT2D eigenvalue weighted by atomic mass is 16.5. The second kappa shape index (κ2) is 3.71. The van der Waals surface area contributed by atoms with Crippen LogP contribution in [0, 0.1) is 16.7 Å². The highest BCUT2D eigenvalue weighted by Crippen LogP contribution is 2.65. The van der Waals surface area contributed by atoms with Crippen molar-refractivity contribution in [1.82, 2.24) is 5.32 Å². The van der Waals surface area contributed by atoms with Crippen LogP contribution < -0.4 is 5.32 Å². The largest absolute Gasteiger partial charge is 0.377 e. The van der Waals surface area contributed by atoms with Gasteiger partial charge in [-0.1, -0.05) is 20.8 Å². The summed E-state index contributed by atoms with van der Waals surface area (Å²) in [5, 5.41) is 3.93. The molecule has 2 aliphatic carbocycles. The van der Waals surface area contributed by atoms with Gasteiger partial charge < -0.3 is 10.1 Å². The first-order chi connectivity index (χ1) is 7.95. The summed E-state index contributed by atoms with van der Waals surface area (Å²) in [6.45, 7) is 10.6. The molecule has 98 valence electrons. The lowest BCUT2D eigenvalue weighted by atomic mass is 9.69. The van der Waals surface area contributed by atoms with Crippen molar-refractivity contribution in [3.8, 4) is 0 Å². The fourth-order valence-corrected chi connectivity index (χ4v) is 4.66. The van der Waals surface area contributed by atoms with Crippen LogP contribution in [0.1, 0.15) is 53.4 Å². The van der Waals surface area contributed by atoms with Gasteiger partial charge in [0.05, 0.1) is 6.10 Å². The minimum absolute atomic E-state index is 0.404. The maximum Gasteiger partial charge on any atom is 0.0700 e. The van der Waals surface area contributed by atoms with Gasteiger partial charge in [0.15, 0.2) is 0 Å². The third-order valence-electron chi connectivity index (χ3n) is 6.59. The van der Waals surface area contributed by atoms with Crippen molar-refractivity contribution in [3.63, 3.8) is 0 Å². The smallest absolute Gasteiger partial charge is 0.0700 e. The third kappa shape index (κ3) is 1.53. The van der Waals surface area contributed by atoms with E-state index in [0.29, 0.717) is 29.0 Å². The molecule has 2 nitrogen and oxygen atoms in total. The van der Waals surface area contributed by atoms with Crippen LogP contribution in [0.5, 0.6) is 0 Å². The van der Waals surface area contributed by atoms with E-state index in [-0.39, 0.29) is 0 Å². The fourth-order valence-electron chi connectivity index (χ4n) is 4.66. The van der Waals surface area contributed by atoms with E-state index in [0.717, 1.165) is 12.5 Å². The topological polar surface area (TPSA) is 21.3 Å². The minimum atomic E-state index is 0.404. The third-order valence-corrected chi connectivity index (χ3v) is 6.59. The van der Waals surface area contributed by atoms with Crippen molar-refractivity contribution in [3.05, 3.63) is 0 Å². The van der Waals surface area contributed by atoms with Crippen LogP contribution in [-0.4, -0.2) is 24.8 Å². The maximum absolute atomic E-state index is 5.68. The van der Waals surface area contributed by atoms with E-state index in [1.807, 2.05) is 0 Å². The van der Waals surface area contributed by atoms with Gasteiger partial charge >= 0.3 is 0 Å². The predicted molar refractivity (Wildman–Crippen MR) is 70.0 cm³/mol. The molecule has 2 heteroatoms. The lowest BCUT2D eigenvalue weighted by Crippen LogP contribution is -2.50. The van der Waals surface area contributed by atoms with Crippen molar-refractivity contribution in [2.24, 2.45) is 16.7 Å². The Balaban J connectivity index is 1.74. The van der Waals surface area contributed by atoms with Crippen LogP contribution >= 0.6 is 0 Å². The van der Waals surface area contributed by atoms with E-state index in [4.69, 9.17) is 4.74 Å². The first kappa shape index (κ1) is 12.0. The molecule has 0 aromatic heterocycles. The Morgan fingerprint density at radius 2 is 1.94 bits per heavy atom. The van der Waals surface area contributed by atoms with Crippen LogP contribution in [0.3, 0.4) is 0 Å². The fraction of sp³-hybridized carbons (Fsp3) is 1.00. The minimum Gasteiger partial charge on any atom is -0.377 e. The van der Waals surface area contributed by atoms with E-state index in [1.165, 1.54) is 25.7 Å². The molecule has 0 spiro atoms. The summed E-state index contributed by atoms with van der Waals surface area (Å²) in [4.78, 5) is 0. The second-order valence-electron chi connectivity index (χ2n) is 7.30. The van der Waals surface area contributed by atoms with E-state index < -0.39 is 0 Å². The SMILES string of the molecule is CC1OCCC1NC1CC2CCC1(C)C2(C)C. The van der Waals surface area contributed by atoms with Crippen LogP contribution in [0.2, 0.25) is 0 Å². The Hall–Kier alpha value is -0.0800. The molecule has 3 aliphatic rings. The number of rotatable bonds is 2. The summed E-state index contributed by atoms with van der Waals surface area (Å²) < 4.78 is 5.68. The Kier molecular flexibility index (Phi) is 2.61. The van der Waals surface area contributed by atoms with E-state index in [1.54, 1.807) is 0 Å². The molecule has 2 bridgehead atoms.